The molecule has 0 aliphatic heterocycles. The van der Waals surface area contributed by atoms with Crippen molar-refractivity contribution < 1.29 is 14.6 Å². The molecule has 0 N–H and O–H groups in total. The summed E-state index contributed by atoms with van der Waals surface area (Å²) in [5.74, 6) is -1.10. The normalized spacial score (nSPS) is 15.1. The van der Waals surface area contributed by atoms with E-state index in [1.165, 1.54) is 13.0 Å². The lowest BCUT2D eigenvalue weighted by Gasteiger charge is -2.38. The van der Waals surface area contributed by atoms with Crippen LogP contribution in [0, 0.1) is 18.3 Å². The van der Waals surface area contributed by atoms with Crippen LogP contribution in [0.3, 0.4) is 0 Å². The zero-order valence-corrected chi connectivity index (χ0v) is 14.7. The maximum Gasteiger partial charge on any atom is 0.141 e. The fraction of sp³-hybridized carbons (Fsp3) is 0.429. The number of carbonyl (C=O) groups is 1. The minimum absolute atomic E-state index is 0.229. The van der Waals surface area contributed by atoms with Gasteiger partial charge in [-0.1, -0.05) is 36.7 Å². The zero-order valence-electron chi connectivity index (χ0n) is 12.2. The van der Waals surface area contributed by atoms with Crippen LogP contribution in [0.5, 0.6) is 5.75 Å². The predicted molar refractivity (Wildman–Crippen MR) is 81.9 cm³/mol. The van der Waals surface area contributed by atoms with E-state index in [1.807, 2.05) is 0 Å². The summed E-state index contributed by atoms with van der Waals surface area (Å²) in [4.78, 5) is 11.6. The standard InChI is InChI=1S/C14H16Cl2NO3Si/c1-8-5-10(15)6-11(16)12(8)20-14(3,13(18)19)21(4)9(2)7-17/h5-6,9H,1-4H3,(H,18,19)/p-1. The Morgan fingerprint density at radius 3 is 2.52 bits per heavy atom. The molecular weight excluding hydrogens is 329 g/mol. The van der Waals surface area contributed by atoms with E-state index in [0.29, 0.717) is 10.6 Å². The minimum atomic E-state index is -1.73. The molecule has 0 saturated heterocycles. The predicted octanol–water partition coefficient (Wildman–Crippen LogP) is 2.77. The van der Waals surface area contributed by atoms with Gasteiger partial charge in [0, 0.05) is 10.6 Å². The number of rotatable bonds is 5. The van der Waals surface area contributed by atoms with Crippen molar-refractivity contribution in [3.63, 3.8) is 0 Å². The molecular formula is C14H15Cl2NO3Si-. The van der Waals surface area contributed by atoms with Crippen molar-refractivity contribution in [2.24, 2.45) is 0 Å². The van der Waals surface area contributed by atoms with Crippen molar-refractivity contribution in [3.05, 3.63) is 27.7 Å². The molecule has 1 radical (unpaired) electrons. The lowest BCUT2D eigenvalue weighted by Crippen LogP contribution is -2.60. The summed E-state index contributed by atoms with van der Waals surface area (Å²) < 4.78 is 5.71. The highest BCUT2D eigenvalue weighted by Crippen LogP contribution is 2.36. The molecule has 21 heavy (non-hydrogen) atoms. The van der Waals surface area contributed by atoms with Crippen molar-refractivity contribution in [1.29, 1.82) is 5.26 Å². The Hall–Kier alpha value is -1.22. The molecule has 2 atom stereocenters. The van der Waals surface area contributed by atoms with Crippen LogP contribution in [0.4, 0.5) is 0 Å². The van der Waals surface area contributed by atoms with Gasteiger partial charge in [0.05, 0.1) is 17.1 Å². The van der Waals surface area contributed by atoms with Crippen LogP contribution in [0.1, 0.15) is 19.4 Å². The molecule has 0 aliphatic carbocycles. The number of carboxylic acids is 1. The third-order valence-electron chi connectivity index (χ3n) is 3.49. The van der Waals surface area contributed by atoms with Crippen LogP contribution < -0.4 is 9.84 Å². The van der Waals surface area contributed by atoms with Crippen molar-refractivity contribution in [2.75, 3.05) is 0 Å². The Labute approximate surface area is 135 Å². The molecule has 0 fully saturated rings. The molecule has 0 amide bonds. The van der Waals surface area contributed by atoms with Crippen LogP contribution in [-0.2, 0) is 4.79 Å². The maximum absolute atomic E-state index is 11.6. The number of benzene rings is 1. The molecule has 0 saturated carbocycles. The number of nitriles is 1. The lowest BCUT2D eigenvalue weighted by molar-refractivity contribution is -0.316. The molecule has 0 bridgehead atoms. The van der Waals surface area contributed by atoms with Gasteiger partial charge in [0.25, 0.3) is 0 Å². The zero-order chi connectivity index (χ0) is 16.4. The van der Waals surface area contributed by atoms with Gasteiger partial charge >= 0.3 is 0 Å². The van der Waals surface area contributed by atoms with Gasteiger partial charge in [-0.15, -0.1) is 0 Å². The highest BCUT2D eigenvalue weighted by Gasteiger charge is 2.41. The van der Waals surface area contributed by atoms with E-state index in [0.717, 1.165) is 0 Å². The van der Waals surface area contributed by atoms with E-state index >= 15 is 0 Å². The van der Waals surface area contributed by atoms with Gasteiger partial charge in [-0.25, -0.2) is 0 Å². The topological polar surface area (TPSA) is 73.2 Å². The maximum atomic E-state index is 11.6. The Bertz CT molecular complexity index is 579. The first kappa shape index (κ1) is 17.8. The van der Waals surface area contributed by atoms with E-state index in [4.69, 9.17) is 33.2 Å². The first-order chi connectivity index (χ1) is 9.63. The van der Waals surface area contributed by atoms with Gasteiger partial charge in [-0.3, -0.25) is 0 Å². The molecule has 0 aliphatic rings. The van der Waals surface area contributed by atoms with Gasteiger partial charge in [-0.05, 0) is 31.5 Å². The summed E-state index contributed by atoms with van der Waals surface area (Å²) in [7, 11) is -1.73. The molecule has 1 rings (SSSR count). The summed E-state index contributed by atoms with van der Waals surface area (Å²) in [5, 5.41) is 19.7. The van der Waals surface area contributed by atoms with E-state index in [9.17, 15) is 9.90 Å². The quantitative estimate of drug-likeness (QED) is 0.770. The SMILES string of the molecule is Cc1cc(Cl)cc(Cl)c1OC(C)(C(=O)[O-])[Si](C)C(C)C#N. The summed E-state index contributed by atoms with van der Waals surface area (Å²) >= 11 is 12.0. The average Bonchev–Trinajstić information content (AvgIpc) is 2.40. The number of aryl methyl sites for hydroxylation is 1. The van der Waals surface area contributed by atoms with E-state index in [-0.39, 0.29) is 10.8 Å². The van der Waals surface area contributed by atoms with E-state index < -0.39 is 25.5 Å². The highest BCUT2D eigenvalue weighted by atomic mass is 35.5. The average molecular weight is 344 g/mol. The first-order valence-electron chi connectivity index (χ1n) is 6.23. The first-order valence-corrected chi connectivity index (χ1v) is 9.06. The second-order valence-corrected chi connectivity index (χ2v) is 9.02. The molecule has 7 heteroatoms. The van der Waals surface area contributed by atoms with Gasteiger partial charge in [0.2, 0.25) is 0 Å². The molecule has 2 unspecified atom stereocenters. The van der Waals surface area contributed by atoms with Gasteiger partial charge in [-0.2, -0.15) is 5.26 Å². The molecule has 0 spiro atoms. The Morgan fingerprint density at radius 1 is 1.52 bits per heavy atom. The second-order valence-electron chi connectivity index (χ2n) is 4.99. The molecule has 4 nitrogen and oxygen atoms in total. The number of hydrogen-bond acceptors (Lipinski definition) is 4. The number of hydrogen-bond donors (Lipinski definition) is 0. The smallest absolute Gasteiger partial charge is 0.141 e. The summed E-state index contributed by atoms with van der Waals surface area (Å²) in [6.45, 7) is 6.55. The van der Waals surface area contributed by atoms with E-state index in [2.05, 4.69) is 6.07 Å². The molecule has 0 heterocycles. The van der Waals surface area contributed by atoms with Crippen LogP contribution >= 0.6 is 23.2 Å². The lowest BCUT2D eigenvalue weighted by atomic mass is 10.2. The third-order valence-corrected chi connectivity index (χ3v) is 7.22. The minimum Gasteiger partial charge on any atom is -0.546 e. The van der Waals surface area contributed by atoms with Crippen LogP contribution in [-0.4, -0.2) is 20.0 Å². The van der Waals surface area contributed by atoms with Gasteiger partial charge in [0.1, 0.15) is 19.8 Å². The van der Waals surface area contributed by atoms with Crippen molar-refractivity contribution >= 4 is 38.0 Å². The molecule has 1 aromatic carbocycles. The van der Waals surface area contributed by atoms with Crippen LogP contribution in [0.25, 0.3) is 0 Å². The van der Waals surface area contributed by atoms with Gasteiger partial charge < -0.3 is 14.6 Å². The highest BCUT2D eigenvalue weighted by molar-refractivity contribution is 6.66. The van der Waals surface area contributed by atoms with Crippen molar-refractivity contribution in [2.45, 2.75) is 38.1 Å². The number of carbonyl (C=O) groups excluding carboxylic acids is 1. The molecule has 1 aromatic rings. The summed E-state index contributed by atoms with van der Waals surface area (Å²) in [6, 6.07) is 5.19. The number of nitrogens with zero attached hydrogens (tertiary/aromatic N) is 1. The fourth-order valence-electron chi connectivity index (χ4n) is 1.82. The van der Waals surface area contributed by atoms with Crippen LogP contribution in [0.15, 0.2) is 12.1 Å². The third kappa shape index (κ3) is 3.70. The number of aliphatic carboxylic acids is 1. The van der Waals surface area contributed by atoms with E-state index in [1.54, 1.807) is 26.5 Å². The number of carboxylic acid groups (broad SMARTS) is 1. The Balaban J connectivity index is 3.28. The summed E-state index contributed by atoms with van der Waals surface area (Å²) in [5.41, 5.74) is 0.198. The monoisotopic (exact) mass is 343 g/mol. The molecule has 0 aromatic heterocycles. The van der Waals surface area contributed by atoms with Gasteiger partial charge in [0.15, 0.2) is 0 Å². The molecule has 113 valence electrons. The van der Waals surface area contributed by atoms with Crippen molar-refractivity contribution in [3.8, 4) is 11.8 Å². The van der Waals surface area contributed by atoms with Crippen LogP contribution in [0.2, 0.25) is 22.1 Å². The summed E-state index contributed by atoms with van der Waals surface area (Å²) in [6.07, 6.45) is 0. The Morgan fingerprint density at radius 2 is 2.10 bits per heavy atom. The largest absolute Gasteiger partial charge is 0.546 e. The fourth-order valence-corrected chi connectivity index (χ4v) is 4.05. The Kier molecular flexibility index (Phi) is 5.68. The number of halogens is 2. The number of ether oxygens (including phenoxy) is 1. The second kappa shape index (κ2) is 6.69. The van der Waals surface area contributed by atoms with Crippen molar-refractivity contribution in [1.82, 2.24) is 0 Å².